The smallest absolute Gasteiger partial charge is 0.411 e. The highest BCUT2D eigenvalue weighted by molar-refractivity contribution is 7.21. The highest BCUT2D eigenvalue weighted by atomic mass is 32.1. The largest absolute Gasteiger partial charge is 0.477 e. The van der Waals surface area contributed by atoms with E-state index < -0.39 is 12.1 Å². The van der Waals surface area contributed by atoms with Gasteiger partial charge in [-0.1, -0.05) is 48.5 Å². The fourth-order valence-electron chi connectivity index (χ4n) is 3.85. The van der Waals surface area contributed by atoms with Crippen molar-refractivity contribution in [3.63, 3.8) is 0 Å². The zero-order chi connectivity index (χ0) is 20.7. The third-order valence-corrected chi connectivity index (χ3v) is 6.24. The number of benzene rings is 2. The van der Waals surface area contributed by atoms with Crippen LogP contribution in [-0.2, 0) is 4.74 Å². The van der Waals surface area contributed by atoms with Gasteiger partial charge >= 0.3 is 12.1 Å². The molecule has 2 aromatic carbocycles. The summed E-state index contributed by atoms with van der Waals surface area (Å²) in [6.07, 6.45) is 2.09. The molecule has 0 fully saturated rings. The zero-order valence-electron chi connectivity index (χ0n) is 15.5. The molecule has 5 rings (SSSR count). The van der Waals surface area contributed by atoms with Gasteiger partial charge in [0.05, 0.1) is 11.1 Å². The van der Waals surface area contributed by atoms with E-state index in [0.29, 0.717) is 10.2 Å². The van der Waals surface area contributed by atoms with Gasteiger partial charge in [0.25, 0.3) is 0 Å². The molecule has 30 heavy (non-hydrogen) atoms. The third kappa shape index (κ3) is 2.98. The molecule has 0 bridgehead atoms. The van der Waals surface area contributed by atoms with Crippen LogP contribution in [0, 0.1) is 0 Å². The van der Waals surface area contributed by atoms with Crippen LogP contribution in [-0.4, -0.2) is 33.7 Å². The van der Waals surface area contributed by atoms with Gasteiger partial charge in [-0.05, 0) is 22.3 Å². The predicted octanol–water partition coefficient (Wildman–Crippen LogP) is 4.75. The Morgan fingerprint density at radius 2 is 1.73 bits per heavy atom. The first kappa shape index (κ1) is 18.3. The average molecular weight is 417 g/mol. The van der Waals surface area contributed by atoms with E-state index in [0.717, 1.165) is 33.6 Å². The third-order valence-electron chi connectivity index (χ3n) is 5.14. The van der Waals surface area contributed by atoms with E-state index in [1.54, 1.807) is 0 Å². The topological polar surface area (TPSA) is 101 Å². The minimum absolute atomic E-state index is 0.0148. The van der Waals surface area contributed by atoms with Gasteiger partial charge in [-0.15, -0.1) is 11.3 Å². The summed E-state index contributed by atoms with van der Waals surface area (Å²) < 4.78 is 5.52. The maximum atomic E-state index is 12.5. The van der Waals surface area contributed by atoms with Gasteiger partial charge in [-0.3, -0.25) is 5.32 Å². The first-order chi connectivity index (χ1) is 14.6. The second-order valence-electron chi connectivity index (χ2n) is 6.80. The molecule has 0 radical (unpaired) electrons. The number of anilines is 1. The van der Waals surface area contributed by atoms with Crippen molar-refractivity contribution in [2.45, 2.75) is 5.92 Å². The van der Waals surface area contributed by atoms with Crippen molar-refractivity contribution < 1.29 is 19.4 Å². The number of carboxylic acid groups (broad SMARTS) is 1. The van der Waals surface area contributed by atoms with Crippen LogP contribution in [0.5, 0.6) is 0 Å². The molecule has 0 unspecified atom stereocenters. The van der Waals surface area contributed by atoms with E-state index in [2.05, 4.69) is 27.4 Å². The molecule has 2 aromatic heterocycles. The van der Waals surface area contributed by atoms with Crippen molar-refractivity contribution in [1.29, 1.82) is 0 Å². The summed E-state index contributed by atoms with van der Waals surface area (Å²) in [5.74, 6) is -1.23. The Morgan fingerprint density at radius 3 is 2.40 bits per heavy atom. The van der Waals surface area contributed by atoms with Gasteiger partial charge in [-0.25, -0.2) is 19.6 Å². The number of ether oxygens (including phenoxy) is 1. The molecule has 0 saturated heterocycles. The number of nitrogens with one attached hydrogen (secondary N) is 1. The van der Waals surface area contributed by atoms with Crippen LogP contribution in [0.3, 0.4) is 0 Å². The highest BCUT2D eigenvalue weighted by Crippen LogP contribution is 2.44. The molecule has 7 nitrogen and oxygen atoms in total. The molecule has 148 valence electrons. The monoisotopic (exact) mass is 417 g/mol. The number of aromatic carboxylic acids is 1. The fourth-order valence-corrected chi connectivity index (χ4v) is 4.76. The molecule has 1 aliphatic rings. The van der Waals surface area contributed by atoms with Gasteiger partial charge in [0, 0.05) is 12.1 Å². The summed E-state index contributed by atoms with van der Waals surface area (Å²) in [6, 6.07) is 16.1. The number of fused-ring (bicyclic) bond motifs is 4. The lowest BCUT2D eigenvalue weighted by Gasteiger charge is -2.14. The van der Waals surface area contributed by atoms with Gasteiger partial charge in [0.1, 0.15) is 22.6 Å². The van der Waals surface area contributed by atoms with Crippen LogP contribution in [0.15, 0.2) is 61.1 Å². The van der Waals surface area contributed by atoms with Crippen LogP contribution in [0.4, 0.5) is 10.5 Å². The summed E-state index contributed by atoms with van der Waals surface area (Å²) >= 11 is 0.978. The van der Waals surface area contributed by atoms with Gasteiger partial charge < -0.3 is 9.84 Å². The normalized spacial score (nSPS) is 12.4. The number of rotatable bonds is 4. The Kier molecular flexibility index (Phi) is 4.40. The molecule has 4 aromatic rings. The lowest BCUT2D eigenvalue weighted by Crippen LogP contribution is -2.18. The van der Waals surface area contributed by atoms with Gasteiger partial charge in [0.2, 0.25) is 0 Å². The molecule has 0 atom stereocenters. The SMILES string of the molecule is O=C(Nc1c(C(=O)O)sc2ncncc12)OCC1c2ccccc2-c2ccccc21. The van der Waals surface area contributed by atoms with E-state index in [1.165, 1.54) is 12.5 Å². The van der Waals surface area contributed by atoms with E-state index in [9.17, 15) is 14.7 Å². The summed E-state index contributed by atoms with van der Waals surface area (Å²) in [6.45, 7) is 0.140. The number of carbonyl (C=O) groups excluding carboxylic acids is 1. The van der Waals surface area contributed by atoms with Crippen molar-refractivity contribution >= 4 is 39.3 Å². The quantitative estimate of drug-likeness (QED) is 0.497. The summed E-state index contributed by atoms with van der Waals surface area (Å²) in [7, 11) is 0. The molecular weight excluding hydrogens is 402 g/mol. The van der Waals surface area contributed by atoms with Crippen LogP contribution in [0.1, 0.15) is 26.7 Å². The first-order valence-electron chi connectivity index (χ1n) is 9.21. The number of aromatic nitrogens is 2. The number of thiophene rings is 1. The molecular formula is C22H15N3O4S. The summed E-state index contributed by atoms with van der Waals surface area (Å²) in [5, 5.41) is 12.5. The maximum absolute atomic E-state index is 12.5. The van der Waals surface area contributed by atoms with Crippen molar-refractivity contribution in [3.05, 3.63) is 77.1 Å². The minimum atomic E-state index is -1.15. The fraction of sp³-hybridized carbons (Fsp3) is 0.0909. The second kappa shape index (κ2) is 7.23. The lowest BCUT2D eigenvalue weighted by atomic mass is 9.98. The van der Waals surface area contributed by atoms with Crippen LogP contribution in [0.25, 0.3) is 21.3 Å². The molecule has 0 spiro atoms. The van der Waals surface area contributed by atoms with Crippen molar-refractivity contribution in [2.24, 2.45) is 0 Å². The van der Waals surface area contributed by atoms with Crippen LogP contribution in [0.2, 0.25) is 0 Å². The molecule has 0 saturated carbocycles. The number of carbonyl (C=O) groups is 2. The standard InChI is InChI=1S/C22H15N3O4S/c26-21(27)19-18(16-9-23-11-24-20(16)30-19)25-22(28)29-10-17-14-7-3-1-5-12(14)13-6-2-4-8-15(13)17/h1-9,11,17H,10H2,(H,25,28)(H,26,27). The van der Waals surface area contributed by atoms with Gasteiger partial charge in [0.15, 0.2) is 0 Å². The van der Waals surface area contributed by atoms with Crippen LogP contribution >= 0.6 is 11.3 Å². The molecule has 8 heteroatoms. The van der Waals surface area contributed by atoms with Crippen molar-refractivity contribution in [1.82, 2.24) is 9.97 Å². The molecule has 1 aliphatic carbocycles. The van der Waals surface area contributed by atoms with E-state index in [4.69, 9.17) is 4.74 Å². The second-order valence-corrected chi connectivity index (χ2v) is 7.80. The van der Waals surface area contributed by atoms with E-state index in [-0.39, 0.29) is 23.1 Å². The average Bonchev–Trinajstić information content (AvgIpc) is 3.29. The van der Waals surface area contributed by atoms with Crippen molar-refractivity contribution in [2.75, 3.05) is 11.9 Å². The number of amides is 1. The van der Waals surface area contributed by atoms with E-state index >= 15 is 0 Å². The predicted molar refractivity (Wildman–Crippen MR) is 113 cm³/mol. The maximum Gasteiger partial charge on any atom is 0.411 e. The number of hydrogen-bond acceptors (Lipinski definition) is 6. The molecule has 1 amide bonds. The Bertz CT molecular complexity index is 1260. The lowest BCUT2D eigenvalue weighted by molar-refractivity contribution is 0.0703. The highest BCUT2D eigenvalue weighted by Gasteiger charge is 2.29. The number of carboxylic acids is 1. The molecule has 2 N–H and O–H groups in total. The van der Waals surface area contributed by atoms with Gasteiger partial charge in [-0.2, -0.15) is 0 Å². The Morgan fingerprint density at radius 1 is 1.07 bits per heavy atom. The zero-order valence-corrected chi connectivity index (χ0v) is 16.3. The first-order valence-corrected chi connectivity index (χ1v) is 10.0. The number of hydrogen-bond donors (Lipinski definition) is 2. The molecule has 0 aliphatic heterocycles. The Balaban J connectivity index is 1.39. The van der Waals surface area contributed by atoms with Crippen LogP contribution < -0.4 is 5.32 Å². The summed E-state index contributed by atoms with van der Waals surface area (Å²) in [5.41, 5.74) is 4.63. The number of nitrogens with zero attached hydrogens (tertiary/aromatic N) is 2. The van der Waals surface area contributed by atoms with E-state index in [1.807, 2.05) is 36.4 Å². The Labute approximate surface area is 175 Å². The Hall–Kier alpha value is -3.78. The summed E-state index contributed by atoms with van der Waals surface area (Å²) in [4.78, 5) is 32.6. The molecule has 2 heterocycles. The minimum Gasteiger partial charge on any atom is -0.477 e. The van der Waals surface area contributed by atoms with Crippen molar-refractivity contribution in [3.8, 4) is 11.1 Å².